The number of methoxy groups -OCH3 is 1. The number of hydrogen-bond donors (Lipinski definition) is 1. The fourth-order valence-electron chi connectivity index (χ4n) is 1.49. The topological polar surface area (TPSA) is 59.1 Å². The SMILES string of the molecule is COC(=O)C1=CC(O)C2OC2C1F. The van der Waals surface area contributed by atoms with Crippen molar-refractivity contribution in [2.75, 3.05) is 7.11 Å². The smallest absolute Gasteiger partial charge is 0.336 e. The van der Waals surface area contributed by atoms with Gasteiger partial charge in [0, 0.05) is 0 Å². The molecule has 0 aromatic heterocycles. The van der Waals surface area contributed by atoms with E-state index in [4.69, 9.17) is 4.74 Å². The number of alkyl halides is 1. The van der Waals surface area contributed by atoms with Gasteiger partial charge in [0.25, 0.3) is 0 Å². The zero-order valence-electron chi connectivity index (χ0n) is 6.94. The summed E-state index contributed by atoms with van der Waals surface area (Å²) in [7, 11) is 1.17. The molecule has 0 amide bonds. The van der Waals surface area contributed by atoms with Gasteiger partial charge in [-0.2, -0.15) is 0 Å². The Labute approximate surface area is 73.9 Å². The maximum absolute atomic E-state index is 13.3. The highest BCUT2D eigenvalue weighted by molar-refractivity contribution is 5.90. The molecular weight excluding hydrogens is 179 g/mol. The quantitative estimate of drug-likeness (QED) is 0.448. The number of rotatable bonds is 1. The van der Waals surface area contributed by atoms with Crippen molar-refractivity contribution < 1.29 is 23.8 Å². The molecule has 0 aromatic carbocycles. The number of aliphatic hydroxyl groups excluding tert-OH is 1. The number of aliphatic hydroxyl groups is 1. The molecule has 5 heteroatoms. The molecule has 72 valence electrons. The van der Waals surface area contributed by atoms with Gasteiger partial charge in [0.2, 0.25) is 0 Å². The van der Waals surface area contributed by atoms with Gasteiger partial charge in [-0.3, -0.25) is 0 Å². The third-order valence-electron chi connectivity index (χ3n) is 2.26. The van der Waals surface area contributed by atoms with Crippen LogP contribution in [0.15, 0.2) is 11.6 Å². The van der Waals surface area contributed by atoms with Crippen LogP contribution in [0.4, 0.5) is 4.39 Å². The Morgan fingerprint density at radius 1 is 1.69 bits per heavy atom. The average Bonchev–Trinajstić information content (AvgIpc) is 2.90. The number of halogens is 1. The van der Waals surface area contributed by atoms with Crippen molar-refractivity contribution in [1.82, 2.24) is 0 Å². The number of carbonyl (C=O) groups is 1. The number of carbonyl (C=O) groups excluding carboxylic acids is 1. The third kappa shape index (κ3) is 1.24. The predicted molar refractivity (Wildman–Crippen MR) is 39.7 cm³/mol. The van der Waals surface area contributed by atoms with Crippen LogP contribution >= 0.6 is 0 Å². The molecule has 1 aliphatic heterocycles. The number of ether oxygens (including phenoxy) is 2. The second-order valence-corrected chi connectivity index (χ2v) is 3.07. The van der Waals surface area contributed by atoms with E-state index in [1.165, 1.54) is 7.11 Å². The first kappa shape index (κ1) is 8.65. The minimum atomic E-state index is -1.47. The molecule has 1 fully saturated rings. The van der Waals surface area contributed by atoms with Crippen LogP contribution in [0.3, 0.4) is 0 Å². The normalized spacial score (nSPS) is 41.9. The largest absolute Gasteiger partial charge is 0.466 e. The van der Waals surface area contributed by atoms with Gasteiger partial charge in [-0.25, -0.2) is 9.18 Å². The van der Waals surface area contributed by atoms with Gasteiger partial charge in [0.15, 0.2) is 6.17 Å². The van der Waals surface area contributed by atoms with Gasteiger partial charge in [0.05, 0.1) is 12.7 Å². The Hall–Kier alpha value is -0.940. The molecule has 0 aromatic rings. The zero-order valence-corrected chi connectivity index (χ0v) is 6.94. The number of fused-ring (bicyclic) bond motifs is 1. The molecule has 4 unspecified atom stereocenters. The number of esters is 1. The average molecular weight is 188 g/mol. The molecule has 4 atom stereocenters. The molecule has 13 heavy (non-hydrogen) atoms. The lowest BCUT2D eigenvalue weighted by atomic mass is 9.96. The van der Waals surface area contributed by atoms with Crippen LogP contribution in [0.2, 0.25) is 0 Å². The lowest BCUT2D eigenvalue weighted by molar-refractivity contribution is -0.137. The second kappa shape index (κ2) is 2.78. The molecule has 0 spiro atoms. The van der Waals surface area contributed by atoms with Crippen LogP contribution in [-0.2, 0) is 14.3 Å². The summed E-state index contributed by atoms with van der Waals surface area (Å²) in [6.45, 7) is 0. The maximum Gasteiger partial charge on any atom is 0.336 e. The summed E-state index contributed by atoms with van der Waals surface area (Å²) in [5.74, 6) is -0.750. The summed E-state index contributed by atoms with van der Waals surface area (Å²) in [5, 5.41) is 9.28. The van der Waals surface area contributed by atoms with Gasteiger partial charge in [0.1, 0.15) is 18.3 Å². The summed E-state index contributed by atoms with van der Waals surface area (Å²) in [4.78, 5) is 11.0. The van der Waals surface area contributed by atoms with Crippen molar-refractivity contribution >= 4 is 5.97 Å². The van der Waals surface area contributed by atoms with E-state index in [1.54, 1.807) is 0 Å². The van der Waals surface area contributed by atoms with E-state index in [1.807, 2.05) is 0 Å². The molecular formula is C8H9FO4. The molecule has 4 nitrogen and oxygen atoms in total. The van der Waals surface area contributed by atoms with Crippen LogP contribution in [-0.4, -0.2) is 42.7 Å². The van der Waals surface area contributed by atoms with Crippen molar-refractivity contribution in [3.05, 3.63) is 11.6 Å². The van der Waals surface area contributed by atoms with Crippen molar-refractivity contribution in [3.63, 3.8) is 0 Å². The Bertz CT molecular complexity index is 275. The monoisotopic (exact) mass is 188 g/mol. The minimum absolute atomic E-state index is 0.145. The molecule has 2 aliphatic rings. The van der Waals surface area contributed by atoms with Gasteiger partial charge >= 0.3 is 5.97 Å². The number of hydrogen-bond acceptors (Lipinski definition) is 4. The van der Waals surface area contributed by atoms with E-state index in [2.05, 4.69) is 4.74 Å². The highest BCUT2D eigenvalue weighted by atomic mass is 19.1. The first-order chi connectivity index (χ1) is 6.15. The summed E-state index contributed by atoms with van der Waals surface area (Å²) in [5.41, 5.74) is -0.145. The molecule has 1 N–H and O–H groups in total. The van der Waals surface area contributed by atoms with Crippen LogP contribution in [0.5, 0.6) is 0 Å². The summed E-state index contributed by atoms with van der Waals surface area (Å²) < 4.78 is 22.5. The summed E-state index contributed by atoms with van der Waals surface area (Å²) in [6.07, 6.45) is -2.37. The molecule has 0 radical (unpaired) electrons. The molecule has 0 saturated carbocycles. The molecule has 2 rings (SSSR count). The summed E-state index contributed by atoms with van der Waals surface area (Å²) in [6, 6.07) is 0. The molecule has 1 heterocycles. The van der Waals surface area contributed by atoms with Crippen LogP contribution < -0.4 is 0 Å². The van der Waals surface area contributed by atoms with E-state index in [0.717, 1.165) is 6.08 Å². The second-order valence-electron chi connectivity index (χ2n) is 3.07. The third-order valence-corrected chi connectivity index (χ3v) is 2.26. The highest BCUT2D eigenvalue weighted by Crippen LogP contribution is 2.38. The van der Waals surface area contributed by atoms with Crippen LogP contribution in [0.1, 0.15) is 0 Å². The van der Waals surface area contributed by atoms with E-state index in [-0.39, 0.29) is 5.57 Å². The Balaban J connectivity index is 2.21. The minimum Gasteiger partial charge on any atom is -0.466 e. The first-order valence-electron chi connectivity index (χ1n) is 3.93. The predicted octanol–water partition coefficient (Wildman–Crippen LogP) is -0.434. The molecule has 0 bridgehead atoms. The fraction of sp³-hybridized carbons (Fsp3) is 0.625. The standard InChI is InChI=1S/C8H9FO4/c1-12-8(11)3-2-4(10)6-7(13-6)5(3)9/h2,4-7,10H,1H3. The number of epoxide rings is 1. The van der Waals surface area contributed by atoms with Crippen molar-refractivity contribution in [2.45, 2.75) is 24.5 Å². The van der Waals surface area contributed by atoms with Crippen molar-refractivity contribution in [1.29, 1.82) is 0 Å². The van der Waals surface area contributed by atoms with Crippen molar-refractivity contribution in [3.8, 4) is 0 Å². The van der Waals surface area contributed by atoms with E-state index in [0.29, 0.717) is 0 Å². The maximum atomic E-state index is 13.3. The molecule has 1 aliphatic carbocycles. The summed E-state index contributed by atoms with van der Waals surface area (Å²) >= 11 is 0. The lowest BCUT2D eigenvalue weighted by Gasteiger charge is -2.15. The Morgan fingerprint density at radius 3 is 3.00 bits per heavy atom. The fourth-order valence-corrected chi connectivity index (χ4v) is 1.49. The Morgan fingerprint density at radius 2 is 2.38 bits per heavy atom. The van der Waals surface area contributed by atoms with Gasteiger partial charge in [-0.05, 0) is 6.08 Å². The van der Waals surface area contributed by atoms with Crippen LogP contribution in [0.25, 0.3) is 0 Å². The van der Waals surface area contributed by atoms with Gasteiger partial charge < -0.3 is 14.6 Å². The first-order valence-corrected chi connectivity index (χ1v) is 3.93. The van der Waals surface area contributed by atoms with E-state index < -0.39 is 30.5 Å². The molecule has 1 saturated heterocycles. The van der Waals surface area contributed by atoms with E-state index >= 15 is 0 Å². The van der Waals surface area contributed by atoms with Crippen molar-refractivity contribution in [2.24, 2.45) is 0 Å². The highest BCUT2D eigenvalue weighted by Gasteiger charge is 2.55. The van der Waals surface area contributed by atoms with Crippen LogP contribution in [0, 0.1) is 0 Å². The zero-order chi connectivity index (χ0) is 9.59. The van der Waals surface area contributed by atoms with Gasteiger partial charge in [-0.1, -0.05) is 0 Å². The Kier molecular flexibility index (Phi) is 1.85. The van der Waals surface area contributed by atoms with Gasteiger partial charge in [-0.15, -0.1) is 0 Å². The van der Waals surface area contributed by atoms with E-state index in [9.17, 15) is 14.3 Å². The lowest BCUT2D eigenvalue weighted by Crippen LogP contribution is -2.31.